The van der Waals surface area contributed by atoms with Crippen LogP contribution in [-0.2, 0) is 0 Å². The standard InChI is InChI=1S/C13H19NO2/c1-10(14-13(2,3)9-15)11-7-5-6-8-12(11)16-4/h5-8,15H,9H2,1-4H3. The summed E-state index contributed by atoms with van der Waals surface area (Å²) in [6, 6.07) is 7.74. The van der Waals surface area contributed by atoms with Crippen molar-refractivity contribution in [3.8, 4) is 5.75 Å². The summed E-state index contributed by atoms with van der Waals surface area (Å²) in [5.41, 5.74) is 1.38. The topological polar surface area (TPSA) is 41.8 Å². The van der Waals surface area contributed by atoms with Gasteiger partial charge in [-0.05, 0) is 32.9 Å². The molecule has 0 aromatic heterocycles. The maximum atomic E-state index is 9.18. The molecule has 0 atom stereocenters. The van der Waals surface area contributed by atoms with Crippen LogP contribution >= 0.6 is 0 Å². The smallest absolute Gasteiger partial charge is 0.127 e. The van der Waals surface area contributed by atoms with Gasteiger partial charge in [0.05, 0.1) is 19.3 Å². The molecule has 0 unspecified atom stereocenters. The summed E-state index contributed by atoms with van der Waals surface area (Å²) in [5.74, 6) is 0.803. The van der Waals surface area contributed by atoms with E-state index in [0.717, 1.165) is 17.0 Å². The predicted molar refractivity (Wildman–Crippen MR) is 66.4 cm³/mol. The Morgan fingerprint density at radius 1 is 1.38 bits per heavy atom. The van der Waals surface area contributed by atoms with E-state index in [-0.39, 0.29) is 6.61 Å². The van der Waals surface area contributed by atoms with Crippen molar-refractivity contribution in [1.82, 2.24) is 0 Å². The highest BCUT2D eigenvalue weighted by atomic mass is 16.5. The number of methoxy groups -OCH3 is 1. The maximum absolute atomic E-state index is 9.18. The van der Waals surface area contributed by atoms with Crippen molar-refractivity contribution in [2.75, 3.05) is 13.7 Å². The van der Waals surface area contributed by atoms with Gasteiger partial charge in [-0.3, -0.25) is 4.99 Å². The number of aliphatic hydroxyl groups excluding tert-OH is 1. The average Bonchev–Trinajstić information content (AvgIpc) is 2.28. The lowest BCUT2D eigenvalue weighted by molar-refractivity contribution is 0.223. The summed E-state index contributed by atoms with van der Waals surface area (Å²) in [6.07, 6.45) is 0. The lowest BCUT2D eigenvalue weighted by Crippen LogP contribution is -2.23. The number of para-hydroxylation sites is 1. The molecule has 1 aromatic carbocycles. The quantitative estimate of drug-likeness (QED) is 0.792. The van der Waals surface area contributed by atoms with Crippen LogP contribution in [0.15, 0.2) is 29.3 Å². The summed E-state index contributed by atoms with van der Waals surface area (Å²) < 4.78 is 5.27. The van der Waals surface area contributed by atoms with Gasteiger partial charge >= 0.3 is 0 Å². The minimum absolute atomic E-state index is 0.0273. The van der Waals surface area contributed by atoms with E-state index in [2.05, 4.69) is 4.99 Å². The summed E-state index contributed by atoms with van der Waals surface area (Å²) in [6.45, 7) is 5.74. The maximum Gasteiger partial charge on any atom is 0.127 e. The van der Waals surface area contributed by atoms with E-state index >= 15 is 0 Å². The van der Waals surface area contributed by atoms with Gasteiger partial charge < -0.3 is 9.84 Å². The fourth-order valence-electron chi connectivity index (χ4n) is 1.49. The van der Waals surface area contributed by atoms with E-state index in [1.54, 1.807) is 7.11 Å². The second-order valence-electron chi connectivity index (χ2n) is 4.37. The molecule has 88 valence electrons. The molecule has 0 bridgehead atoms. The van der Waals surface area contributed by atoms with Crippen LogP contribution in [0.5, 0.6) is 5.75 Å². The van der Waals surface area contributed by atoms with Gasteiger partial charge in [-0.15, -0.1) is 0 Å². The van der Waals surface area contributed by atoms with Crippen molar-refractivity contribution in [3.05, 3.63) is 29.8 Å². The van der Waals surface area contributed by atoms with Gasteiger partial charge in [-0.25, -0.2) is 0 Å². The van der Waals surface area contributed by atoms with Gasteiger partial charge in [-0.1, -0.05) is 12.1 Å². The van der Waals surface area contributed by atoms with Crippen LogP contribution in [0.3, 0.4) is 0 Å². The minimum atomic E-state index is -0.453. The Hall–Kier alpha value is -1.35. The summed E-state index contributed by atoms with van der Waals surface area (Å²) in [5, 5.41) is 9.18. The number of rotatable bonds is 4. The molecule has 0 aliphatic rings. The fraction of sp³-hybridized carbons (Fsp3) is 0.462. The van der Waals surface area contributed by atoms with Crippen molar-refractivity contribution in [2.24, 2.45) is 4.99 Å². The molecule has 1 aromatic rings. The van der Waals surface area contributed by atoms with Crippen LogP contribution < -0.4 is 4.74 Å². The van der Waals surface area contributed by atoms with Crippen molar-refractivity contribution in [1.29, 1.82) is 0 Å². The summed E-state index contributed by atoms with van der Waals surface area (Å²) in [7, 11) is 1.64. The SMILES string of the molecule is COc1ccccc1C(C)=NC(C)(C)CO. The van der Waals surface area contributed by atoms with Crippen molar-refractivity contribution in [3.63, 3.8) is 0 Å². The van der Waals surface area contributed by atoms with Crippen LogP contribution in [0.25, 0.3) is 0 Å². The molecule has 3 heteroatoms. The predicted octanol–water partition coefficient (Wildman–Crippen LogP) is 2.28. The Morgan fingerprint density at radius 3 is 2.56 bits per heavy atom. The number of hydrogen-bond acceptors (Lipinski definition) is 3. The molecule has 0 fully saturated rings. The van der Waals surface area contributed by atoms with E-state index in [1.165, 1.54) is 0 Å². The highest BCUT2D eigenvalue weighted by Crippen LogP contribution is 2.20. The Balaban J connectivity index is 3.09. The third kappa shape index (κ3) is 3.07. The molecular weight excluding hydrogens is 202 g/mol. The number of nitrogens with zero attached hydrogens (tertiary/aromatic N) is 1. The van der Waals surface area contributed by atoms with Crippen LogP contribution in [0.1, 0.15) is 26.3 Å². The van der Waals surface area contributed by atoms with Crippen LogP contribution in [0, 0.1) is 0 Å². The van der Waals surface area contributed by atoms with Crippen LogP contribution in [0.4, 0.5) is 0 Å². The van der Waals surface area contributed by atoms with E-state index in [9.17, 15) is 5.11 Å². The zero-order chi connectivity index (χ0) is 12.2. The van der Waals surface area contributed by atoms with E-state index < -0.39 is 5.54 Å². The first kappa shape index (κ1) is 12.7. The normalized spacial score (nSPS) is 12.7. The first-order valence-electron chi connectivity index (χ1n) is 5.31. The van der Waals surface area contributed by atoms with E-state index in [4.69, 9.17) is 4.74 Å². The van der Waals surface area contributed by atoms with Crippen LogP contribution in [0.2, 0.25) is 0 Å². The van der Waals surface area contributed by atoms with Crippen molar-refractivity contribution < 1.29 is 9.84 Å². The second kappa shape index (κ2) is 5.12. The molecule has 0 spiro atoms. The summed E-state index contributed by atoms with van der Waals surface area (Å²) in [4.78, 5) is 4.49. The first-order valence-corrected chi connectivity index (χ1v) is 5.31. The molecule has 1 rings (SSSR count). The van der Waals surface area contributed by atoms with Gasteiger partial charge in [0.1, 0.15) is 5.75 Å². The molecular formula is C13H19NO2. The molecule has 0 saturated heterocycles. The zero-order valence-electron chi connectivity index (χ0n) is 10.3. The number of aliphatic hydroxyl groups is 1. The molecule has 0 heterocycles. The van der Waals surface area contributed by atoms with E-state index in [1.807, 2.05) is 45.0 Å². The Morgan fingerprint density at radius 2 is 2.00 bits per heavy atom. The molecule has 0 radical (unpaired) electrons. The molecule has 1 N–H and O–H groups in total. The molecule has 0 amide bonds. The first-order chi connectivity index (χ1) is 7.50. The average molecular weight is 221 g/mol. The monoisotopic (exact) mass is 221 g/mol. The molecule has 3 nitrogen and oxygen atoms in total. The number of ether oxygens (including phenoxy) is 1. The highest BCUT2D eigenvalue weighted by Gasteiger charge is 2.16. The van der Waals surface area contributed by atoms with Gasteiger partial charge in [-0.2, -0.15) is 0 Å². The Kier molecular flexibility index (Phi) is 4.07. The van der Waals surface area contributed by atoms with Gasteiger partial charge in [0.2, 0.25) is 0 Å². The number of benzene rings is 1. The Bertz CT molecular complexity index is 383. The van der Waals surface area contributed by atoms with E-state index in [0.29, 0.717) is 0 Å². The van der Waals surface area contributed by atoms with Crippen molar-refractivity contribution >= 4 is 5.71 Å². The highest BCUT2D eigenvalue weighted by molar-refractivity contribution is 6.01. The Labute approximate surface area is 96.8 Å². The lowest BCUT2D eigenvalue weighted by atomic mass is 10.1. The van der Waals surface area contributed by atoms with Gasteiger partial charge in [0.25, 0.3) is 0 Å². The molecule has 0 aliphatic heterocycles. The van der Waals surface area contributed by atoms with Crippen molar-refractivity contribution in [2.45, 2.75) is 26.3 Å². The number of hydrogen-bond donors (Lipinski definition) is 1. The fourth-order valence-corrected chi connectivity index (χ4v) is 1.49. The largest absolute Gasteiger partial charge is 0.496 e. The third-order valence-electron chi connectivity index (χ3n) is 2.35. The number of aliphatic imine (C=N–C) groups is 1. The molecule has 0 saturated carbocycles. The summed E-state index contributed by atoms with van der Waals surface area (Å²) >= 11 is 0. The van der Waals surface area contributed by atoms with Gasteiger partial charge in [0.15, 0.2) is 0 Å². The zero-order valence-corrected chi connectivity index (χ0v) is 10.3. The van der Waals surface area contributed by atoms with Gasteiger partial charge in [0, 0.05) is 11.3 Å². The van der Waals surface area contributed by atoms with Crippen LogP contribution in [-0.4, -0.2) is 30.1 Å². The third-order valence-corrected chi connectivity index (χ3v) is 2.35. The lowest BCUT2D eigenvalue weighted by Gasteiger charge is -2.18. The molecule has 0 aliphatic carbocycles. The molecule has 16 heavy (non-hydrogen) atoms. The second-order valence-corrected chi connectivity index (χ2v) is 4.37. The minimum Gasteiger partial charge on any atom is -0.496 e.